The molecule has 18 heavy (non-hydrogen) atoms. The lowest BCUT2D eigenvalue weighted by Crippen LogP contribution is -2.33. The summed E-state index contributed by atoms with van der Waals surface area (Å²) < 4.78 is 1.91. The summed E-state index contributed by atoms with van der Waals surface area (Å²) in [7, 11) is 0. The number of imidazole rings is 1. The van der Waals surface area contributed by atoms with Crippen molar-refractivity contribution < 1.29 is 0 Å². The van der Waals surface area contributed by atoms with Crippen LogP contribution < -0.4 is 11.0 Å². The molecule has 1 fully saturated rings. The average Bonchev–Trinajstić information content (AvgIpc) is 2.78. The molecule has 0 radical (unpaired) electrons. The molecule has 4 heteroatoms. The summed E-state index contributed by atoms with van der Waals surface area (Å²) in [6.45, 7) is 5.99. The number of hydrogen-bond acceptors (Lipinski definition) is 2. The van der Waals surface area contributed by atoms with Crippen molar-refractivity contribution in [1.29, 1.82) is 0 Å². The van der Waals surface area contributed by atoms with Gasteiger partial charge in [-0.15, -0.1) is 0 Å². The highest BCUT2D eigenvalue weighted by atomic mass is 16.1. The quantitative estimate of drug-likeness (QED) is 0.812. The Labute approximate surface area is 107 Å². The van der Waals surface area contributed by atoms with Crippen LogP contribution in [0, 0.1) is 0 Å². The van der Waals surface area contributed by atoms with Crippen LogP contribution in [0.25, 0.3) is 11.0 Å². The fourth-order valence-electron chi connectivity index (χ4n) is 2.50. The summed E-state index contributed by atoms with van der Waals surface area (Å²) >= 11 is 0. The van der Waals surface area contributed by atoms with Crippen molar-refractivity contribution in [2.24, 2.45) is 0 Å². The molecule has 0 unspecified atom stereocenters. The van der Waals surface area contributed by atoms with Crippen molar-refractivity contribution in [1.82, 2.24) is 14.9 Å². The van der Waals surface area contributed by atoms with E-state index in [1.807, 2.05) is 42.7 Å². The second-order valence-corrected chi connectivity index (χ2v) is 4.30. The Morgan fingerprint density at radius 2 is 1.83 bits per heavy atom. The fourth-order valence-corrected chi connectivity index (χ4v) is 2.50. The summed E-state index contributed by atoms with van der Waals surface area (Å²) in [5, 5.41) is 3.32. The van der Waals surface area contributed by atoms with Gasteiger partial charge in [0, 0.05) is 6.04 Å². The Morgan fingerprint density at radius 3 is 2.56 bits per heavy atom. The van der Waals surface area contributed by atoms with Gasteiger partial charge in [-0.1, -0.05) is 26.0 Å². The van der Waals surface area contributed by atoms with Gasteiger partial charge >= 0.3 is 5.69 Å². The first-order valence-corrected chi connectivity index (χ1v) is 6.76. The van der Waals surface area contributed by atoms with E-state index in [4.69, 9.17) is 0 Å². The Kier molecular flexibility index (Phi) is 4.20. The molecule has 1 saturated heterocycles. The van der Waals surface area contributed by atoms with Gasteiger partial charge in [0.15, 0.2) is 0 Å². The number of rotatable bonds is 1. The van der Waals surface area contributed by atoms with E-state index in [1.165, 1.54) is 0 Å². The van der Waals surface area contributed by atoms with Gasteiger partial charge in [0.05, 0.1) is 11.0 Å². The van der Waals surface area contributed by atoms with Crippen LogP contribution >= 0.6 is 0 Å². The number of piperidine rings is 1. The van der Waals surface area contributed by atoms with Gasteiger partial charge < -0.3 is 10.3 Å². The first-order chi connectivity index (χ1) is 8.86. The smallest absolute Gasteiger partial charge is 0.317 e. The first kappa shape index (κ1) is 12.9. The van der Waals surface area contributed by atoms with E-state index in [-0.39, 0.29) is 5.69 Å². The molecule has 1 aliphatic rings. The zero-order chi connectivity index (χ0) is 13.0. The molecular formula is C14H21N3O. The van der Waals surface area contributed by atoms with Crippen LogP contribution in [0.3, 0.4) is 0 Å². The molecule has 0 amide bonds. The first-order valence-electron chi connectivity index (χ1n) is 6.76. The van der Waals surface area contributed by atoms with Crippen LogP contribution in [0.4, 0.5) is 0 Å². The SMILES string of the molecule is CC.O=c1[nH]c2ccccc2n1C1CCNCC1. The van der Waals surface area contributed by atoms with Crippen LogP contribution in [-0.4, -0.2) is 22.6 Å². The van der Waals surface area contributed by atoms with E-state index in [2.05, 4.69) is 10.3 Å². The molecule has 2 heterocycles. The maximum atomic E-state index is 11.9. The van der Waals surface area contributed by atoms with Crippen LogP contribution in [-0.2, 0) is 0 Å². The standard InChI is InChI=1S/C12H15N3O.C2H6/c16-12-14-10-3-1-2-4-11(10)15(12)9-5-7-13-8-6-9;1-2/h1-4,9,13H,5-8H2,(H,14,16);1-2H3. The number of nitrogens with one attached hydrogen (secondary N) is 2. The highest BCUT2D eigenvalue weighted by Crippen LogP contribution is 2.21. The Balaban J connectivity index is 0.000000574. The normalized spacial score (nSPS) is 16.3. The Hall–Kier alpha value is -1.55. The summed E-state index contributed by atoms with van der Waals surface area (Å²) in [5.74, 6) is 0. The van der Waals surface area contributed by atoms with Gasteiger partial charge in [-0.05, 0) is 38.1 Å². The molecule has 1 aromatic carbocycles. The molecule has 2 aromatic rings. The van der Waals surface area contributed by atoms with Crippen molar-refractivity contribution in [2.45, 2.75) is 32.7 Å². The highest BCUT2D eigenvalue weighted by Gasteiger charge is 2.18. The second kappa shape index (κ2) is 5.87. The number of benzene rings is 1. The third-order valence-corrected chi connectivity index (χ3v) is 3.30. The van der Waals surface area contributed by atoms with Crippen molar-refractivity contribution in [2.75, 3.05) is 13.1 Å². The molecule has 98 valence electrons. The molecule has 3 rings (SSSR count). The third kappa shape index (κ3) is 2.34. The molecule has 0 bridgehead atoms. The Bertz CT molecular complexity index is 549. The third-order valence-electron chi connectivity index (χ3n) is 3.30. The predicted molar refractivity (Wildman–Crippen MR) is 75.0 cm³/mol. The predicted octanol–water partition coefficient (Wildman–Crippen LogP) is 2.28. The largest absolute Gasteiger partial charge is 0.326 e. The van der Waals surface area contributed by atoms with Crippen molar-refractivity contribution in [3.63, 3.8) is 0 Å². The highest BCUT2D eigenvalue weighted by molar-refractivity contribution is 5.75. The lowest BCUT2D eigenvalue weighted by Gasteiger charge is -2.23. The second-order valence-electron chi connectivity index (χ2n) is 4.30. The molecule has 0 aliphatic carbocycles. The summed E-state index contributed by atoms with van der Waals surface area (Å²) in [6, 6.07) is 8.23. The summed E-state index contributed by atoms with van der Waals surface area (Å²) in [5.41, 5.74) is 1.98. The lowest BCUT2D eigenvalue weighted by atomic mass is 10.1. The van der Waals surface area contributed by atoms with Crippen LogP contribution in [0.2, 0.25) is 0 Å². The molecule has 0 saturated carbocycles. The number of fused-ring (bicyclic) bond motifs is 1. The van der Waals surface area contributed by atoms with E-state index in [9.17, 15) is 4.79 Å². The monoisotopic (exact) mass is 247 g/mol. The maximum absolute atomic E-state index is 11.9. The van der Waals surface area contributed by atoms with Crippen molar-refractivity contribution >= 4 is 11.0 Å². The van der Waals surface area contributed by atoms with E-state index >= 15 is 0 Å². The number of nitrogens with zero attached hydrogens (tertiary/aromatic N) is 1. The van der Waals surface area contributed by atoms with E-state index in [0.717, 1.165) is 37.0 Å². The number of para-hydroxylation sites is 2. The van der Waals surface area contributed by atoms with Gasteiger partial charge in [-0.2, -0.15) is 0 Å². The number of H-pyrrole nitrogens is 1. The number of hydrogen-bond donors (Lipinski definition) is 2. The van der Waals surface area contributed by atoms with Gasteiger partial charge in [0.25, 0.3) is 0 Å². The minimum Gasteiger partial charge on any atom is -0.317 e. The van der Waals surface area contributed by atoms with Gasteiger partial charge in [-0.25, -0.2) is 4.79 Å². The summed E-state index contributed by atoms with van der Waals surface area (Å²) in [6.07, 6.45) is 2.06. The van der Waals surface area contributed by atoms with E-state index in [1.54, 1.807) is 0 Å². The van der Waals surface area contributed by atoms with Crippen LogP contribution in [0.15, 0.2) is 29.1 Å². The molecule has 1 aromatic heterocycles. The van der Waals surface area contributed by atoms with Gasteiger partial charge in [0.2, 0.25) is 0 Å². The minimum absolute atomic E-state index is 0.0214. The van der Waals surface area contributed by atoms with Gasteiger partial charge in [-0.3, -0.25) is 4.57 Å². The van der Waals surface area contributed by atoms with Crippen molar-refractivity contribution in [3.8, 4) is 0 Å². The number of aromatic nitrogens is 2. The van der Waals surface area contributed by atoms with Crippen molar-refractivity contribution in [3.05, 3.63) is 34.7 Å². The maximum Gasteiger partial charge on any atom is 0.326 e. The minimum atomic E-state index is 0.0214. The van der Waals surface area contributed by atoms with E-state index < -0.39 is 0 Å². The molecule has 1 aliphatic heterocycles. The molecule has 0 atom stereocenters. The molecule has 2 N–H and O–H groups in total. The van der Waals surface area contributed by atoms with E-state index in [0.29, 0.717) is 6.04 Å². The molecule has 4 nitrogen and oxygen atoms in total. The van der Waals surface area contributed by atoms with Crippen LogP contribution in [0.5, 0.6) is 0 Å². The number of aromatic amines is 1. The fraction of sp³-hybridized carbons (Fsp3) is 0.500. The summed E-state index contributed by atoms with van der Waals surface area (Å²) in [4.78, 5) is 14.8. The van der Waals surface area contributed by atoms with Gasteiger partial charge in [0.1, 0.15) is 0 Å². The molecule has 0 spiro atoms. The topological polar surface area (TPSA) is 49.8 Å². The molecular weight excluding hydrogens is 226 g/mol. The zero-order valence-electron chi connectivity index (χ0n) is 11.1. The lowest BCUT2D eigenvalue weighted by molar-refractivity contribution is 0.368. The Morgan fingerprint density at radius 1 is 1.17 bits per heavy atom. The average molecular weight is 247 g/mol. The van der Waals surface area contributed by atoms with Crippen LogP contribution in [0.1, 0.15) is 32.7 Å². The zero-order valence-corrected chi connectivity index (χ0v) is 11.1.